The number of nitrogens with one attached hydrogen (secondary N) is 2. The highest BCUT2D eigenvalue weighted by Gasteiger charge is 2.37. The average molecular weight is 228 g/mol. The van der Waals surface area contributed by atoms with Gasteiger partial charge in [-0.05, 0) is 24.7 Å². The molecule has 1 rings (SSSR count). The lowest BCUT2D eigenvalue weighted by Gasteiger charge is -2.15. The van der Waals surface area contributed by atoms with Crippen LogP contribution in [0, 0.1) is 5.41 Å². The molecule has 1 fully saturated rings. The van der Waals surface area contributed by atoms with E-state index in [4.69, 9.17) is 5.11 Å². The largest absolute Gasteiger partial charge is 0.480 e. The van der Waals surface area contributed by atoms with Crippen LogP contribution in [-0.2, 0) is 4.79 Å². The molecule has 0 spiro atoms. The maximum absolute atomic E-state index is 11.4. The summed E-state index contributed by atoms with van der Waals surface area (Å²) >= 11 is 0. The fourth-order valence-corrected chi connectivity index (χ4v) is 1.44. The molecule has 0 aromatic rings. The van der Waals surface area contributed by atoms with Gasteiger partial charge >= 0.3 is 12.0 Å². The van der Waals surface area contributed by atoms with Crippen LogP contribution in [0.5, 0.6) is 0 Å². The van der Waals surface area contributed by atoms with E-state index in [1.54, 1.807) is 0 Å². The molecule has 16 heavy (non-hydrogen) atoms. The van der Waals surface area contributed by atoms with E-state index in [0.29, 0.717) is 13.0 Å². The summed E-state index contributed by atoms with van der Waals surface area (Å²) in [5.41, 5.74) is 0.237. The van der Waals surface area contributed by atoms with E-state index in [0.717, 1.165) is 19.3 Å². The molecule has 0 saturated heterocycles. The van der Waals surface area contributed by atoms with E-state index in [1.165, 1.54) is 0 Å². The molecular formula is C11H20N2O3. The summed E-state index contributed by atoms with van der Waals surface area (Å²) in [5.74, 6) is -0.977. The molecule has 1 atom stereocenters. The van der Waals surface area contributed by atoms with Gasteiger partial charge in [0.15, 0.2) is 0 Å². The lowest BCUT2D eigenvalue weighted by atomic mass is 10.1. The number of carbonyl (C=O) groups excluding carboxylic acids is 1. The van der Waals surface area contributed by atoms with Crippen LogP contribution >= 0.6 is 0 Å². The third-order valence-corrected chi connectivity index (χ3v) is 2.96. The summed E-state index contributed by atoms with van der Waals surface area (Å²) in [6.45, 7) is 4.62. The summed E-state index contributed by atoms with van der Waals surface area (Å²) < 4.78 is 0. The zero-order valence-electron chi connectivity index (χ0n) is 9.88. The van der Waals surface area contributed by atoms with Crippen molar-refractivity contribution in [2.45, 2.75) is 45.6 Å². The van der Waals surface area contributed by atoms with Crippen molar-refractivity contribution in [1.82, 2.24) is 10.6 Å². The standard InChI is InChI=1S/C11H20N2O3/c1-3-4-8(9(14)15)13-10(16)12-7-11(2)5-6-11/h8H,3-7H2,1-2H3,(H,14,15)(H2,12,13,16)/t8-/m1/s1. The molecule has 0 radical (unpaired) electrons. The molecule has 0 aromatic heterocycles. The van der Waals surface area contributed by atoms with E-state index in [1.807, 2.05) is 6.92 Å². The Morgan fingerprint density at radius 2 is 2.06 bits per heavy atom. The summed E-state index contributed by atoms with van der Waals surface area (Å²) in [4.78, 5) is 22.2. The van der Waals surface area contributed by atoms with Crippen molar-refractivity contribution in [2.24, 2.45) is 5.41 Å². The van der Waals surface area contributed by atoms with Crippen LogP contribution in [0.15, 0.2) is 0 Å². The van der Waals surface area contributed by atoms with Gasteiger partial charge in [-0.1, -0.05) is 20.3 Å². The molecule has 2 amide bonds. The Morgan fingerprint density at radius 1 is 1.44 bits per heavy atom. The van der Waals surface area contributed by atoms with Crippen LogP contribution in [0.2, 0.25) is 0 Å². The second-order valence-corrected chi connectivity index (χ2v) is 4.82. The number of rotatable bonds is 6. The number of carboxylic acids is 1. The summed E-state index contributed by atoms with van der Waals surface area (Å²) in [6, 6.07) is -1.16. The fraction of sp³-hybridized carbons (Fsp3) is 0.818. The Labute approximate surface area is 95.6 Å². The topological polar surface area (TPSA) is 78.4 Å². The third kappa shape index (κ3) is 4.08. The number of carboxylic acid groups (broad SMARTS) is 1. The van der Waals surface area contributed by atoms with Gasteiger partial charge in [0, 0.05) is 6.54 Å². The molecule has 1 aliphatic rings. The van der Waals surface area contributed by atoms with Gasteiger partial charge in [-0.15, -0.1) is 0 Å². The van der Waals surface area contributed by atoms with Crippen molar-refractivity contribution in [3.05, 3.63) is 0 Å². The molecule has 92 valence electrons. The smallest absolute Gasteiger partial charge is 0.326 e. The number of urea groups is 1. The minimum atomic E-state index is -0.977. The molecule has 0 unspecified atom stereocenters. The molecule has 1 saturated carbocycles. The number of hydrogen-bond donors (Lipinski definition) is 3. The monoisotopic (exact) mass is 228 g/mol. The summed E-state index contributed by atoms with van der Waals surface area (Å²) in [5, 5.41) is 14.0. The van der Waals surface area contributed by atoms with Crippen molar-refractivity contribution >= 4 is 12.0 Å². The quantitative estimate of drug-likeness (QED) is 0.642. The van der Waals surface area contributed by atoms with Crippen molar-refractivity contribution in [1.29, 1.82) is 0 Å². The molecule has 1 aliphatic carbocycles. The van der Waals surface area contributed by atoms with Gasteiger partial charge < -0.3 is 15.7 Å². The van der Waals surface area contributed by atoms with E-state index in [-0.39, 0.29) is 11.4 Å². The maximum Gasteiger partial charge on any atom is 0.326 e. The van der Waals surface area contributed by atoms with Crippen LogP contribution in [0.25, 0.3) is 0 Å². The SMILES string of the molecule is CCC[C@@H](NC(=O)NCC1(C)CC1)C(=O)O. The first-order valence-electron chi connectivity index (χ1n) is 5.74. The normalized spacial score (nSPS) is 18.6. The van der Waals surface area contributed by atoms with Gasteiger partial charge in [-0.25, -0.2) is 9.59 Å². The Hall–Kier alpha value is -1.26. The molecule has 0 bridgehead atoms. The maximum atomic E-state index is 11.4. The van der Waals surface area contributed by atoms with Crippen LogP contribution in [-0.4, -0.2) is 29.7 Å². The van der Waals surface area contributed by atoms with E-state index in [2.05, 4.69) is 17.6 Å². The molecule has 0 aliphatic heterocycles. The second kappa shape index (κ2) is 5.18. The number of hydrogen-bond acceptors (Lipinski definition) is 2. The highest BCUT2D eigenvalue weighted by Crippen LogP contribution is 2.43. The Balaban J connectivity index is 2.27. The van der Waals surface area contributed by atoms with E-state index >= 15 is 0 Å². The number of aliphatic carboxylic acids is 1. The zero-order valence-corrected chi connectivity index (χ0v) is 9.88. The van der Waals surface area contributed by atoms with Crippen molar-refractivity contribution in [2.75, 3.05) is 6.54 Å². The predicted molar refractivity (Wildman–Crippen MR) is 60.2 cm³/mol. The first kappa shape index (κ1) is 12.8. The predicted octanol–water partition coefficient (Wildman–Crippen LogP) is 1.34. The Morgan fingerprint density at radius 3 is 2.50 bits per heavy atom. The van der Waals surface area contributed by atoms with E-state index < -0.39 is 12.0 Å². The van der Waals surface area contributed by atoms with Crippen molar-refractivity contribution in [3.8, 4) is 0 Å². The van der Waals surface area contributed by atoms with Gasteiger partial charge in [0.05, 0.1) is 0 Å². The molecule has 0 heterocycles. The minimum absolute atomic E-state index is 0.237. The summed E-state index contributed by atoms with van der Waals surface area (Å²) in [7, 11) is 0. The molecule has 5 heteroatoms. The van der Waals surface area contributed by atoms with Crippen LogP contribution < -0.4 is 10.6 Å². The van der Waals surface area contributed by atoms with Gasteiger partial charge in [0.25, 0.3) is 0 Å². The second-order valence-electron chi connectivity index (χ2n) is 4.82. The Kier molecular flexibility index (Phi) is 4.15. The third-order valence-electron chi connectivity index (χ3n) is 2.96. The van der Waals surface area contributed by atoms with Crippen molar-refractivity contribution < 1.29 is 14.7 Å². The highest BCUT2D eigenvalue weighted by molar-refractivity contribution is 5.82. The number of amides is 2. The molecular weight excluding hydrogens is 208 g/mol. The van der Waals surface area contributed by atoms with Crippen LogP contribution in [0.1, 0.15) is 39.5 Å². The van der Waals surface area contributed by atoms with Crippen LogP contribution in [0.4, 0.5) is 4.79 Å². The van der Waals surface area contributed by atoms with Crippen LogP contribution in [0.3, 0.4) is 0 Å². The molecule has 3 N–H and O–H groups in total. The fourth-order valence-electron chi connectivity index (χ4n) is 1.44. The lowest BCUT2D eigenvalue weighted by molar-refractivity contribution is -0.139. The lowest BCUT2D eigenvalue weighted by Crippen LogP contribution is -2.47. The van der Waals surface area contributed by atoms with Crippen molar-refractivity contribution in [3.63, 3.8) is 0 Å². The average Bonchev–Trinajstić information content (AvgIpc) is 2.94. The van der Waals surface area contributed by atoms with E-state index in [9.17, 15) is 9.59 Å². The summed E-state index contributed by atoms with van der Waals surface area (Å²) in [6.07, 6.45) is 3.45. The molecule has 5 nitrogen and oxygen atoms in total. The Bertz CT molecular complexity index is 274. The minimum Gasteiger partial charge on any atom is -0.480 e. The number of carbonyl (C=O) groups is 2. The zero-order chi connectivity index (χ0) is 12.2. The van der Waals surface area contributed by atoms with Gasteiger partial charge in [-0.3, -0.25) is 0 Å². The molecule has 0 aromatic carbocycles. The van der Waals surface area contributed by atoms with Gasteiger partial charge in [0.2, 0.25) is 0 Å². The first-order valence-corrected chi connectivity index (χ1v) is 5.74. The first-order chi connectivity index (χ1) is 7.47. The van der Waals surface area contributed by atoms with Gasteiger partial charge in [0.1, 0.15) is 6.04 Å². The van der Waals surface area contributed by atoms with Gasteiger partial charge in [-0.2, -0.15) is 0 Å². The highest BCUT2D eigenvalue weighted by atomic mass is 16.4.